The van der Waals surface area contributed by atoms with Crippen LogP contribution in [0.15, 0.2) is 54.6 Å². The van der Waals surface area contributed by atoms with Crippen LogP contribution in [0.1, 0.15) is 49.5 Å². The van der Waals surface area contributed by atoms with Crippen LogP contribution in [0.3, 0.4) is 0 Å². The molecule has 2 atom stereocenters. The van der Waals surface area contributed by atoms with Crippen molar-refractivity contribution < 1.29 is 14.3 Å². The van der Waals surface area contributed by atoms with Gasteiger partial charge in [-0.2, -0.15) is 0 Å². The topological polar surface area (TPSA) is 53.1 Å². The molecule has 1 fully saturated rings. The van der Waals surface area contributed by atoms with Gasteiger partial charge in [0.15, 0.2) is 0 Å². The summed E-state index contributed by atoms with van der Waals surface area (Å²) in [6.07, 6.45) is 2.02. The highest BCUT2D eigenvalue weighted by molar-refractivity contribution is 5.92. The van der Waals surface area contributed by atoms with E-state index < -0.39 is 0 Å². The summed E-state index contributed by atoms with van der Waals surface area (Å²) in [7, 11) is 1.39. The molecule has 2 aromatic carbocycles. The second-order valence-electron chi connectivity index (χ2n) is 8.61. The molecule has 0 aromatic heterocycles. The minimum atomic E-state index is -0.322. The number of hydrogen-bond donors (Lipinski definition) is 0. The van der Waals surface area contributed by atoms with E-state index in [9.17, 15) is 9.59 Å². The third-order valence-corrected chi connectivity index (χ3v) is 6.03. The number of benzene rings is 2. The number of ether oxygens (including phenoxy) is 1. The molecule has 0 saturated carbocycles. The smallest absolute Gasteiger partial charge is 0.337 e. The highest BCUT2D eigenvalue weighted by Crippen LogP contribution is 2.23. The van der Waals surface area contributed by atoms with Gasteiger partial charge in [0.1, 0.15) is 0 Å². The van der Waals surface area contributed by atoms with Crippen LogP contribution in [0.4, 0.5) is 10.5 Å². The maximum absolute atomic E-state index is 13.6. The molecule has 0 aliphatic carbocycles. The molecule has 1 saturated heterocycles. The van der Waals surface area contributed by atoms with Gasteiger partial charge in [-0.25, -0.2) is 9.59 Å². The highest BCUT2D eigenvalue weighted by Gasteiger charge is 2.35. The molecule has 2 aromatic rings. The van der Waals surface area contributed by atoms with Crippen molar-refractivity contribution in [1.82, 2.24) is 9.80 Å². The normalized spacial score (nSPS) is 18.9. The molecule has 3 rings (SSSR count). The van der Waals surface area contributed by atoms with Crippen LogP contribution < -0.4 is 4.90 Å². The number of unbranched alkanes of at least 4 members (excludes halogenated alkanes) is 1. The van der Waals surface area contributed by atoms with Gasteiger partial charge in [0.25, 0.3) is 0 Å². The van der Waals surface area contributed by atoms with Crippen LogP contribution in [0, 0.1) is 0 Å². The Morgan fingerprint density at radius 3 is 2.19 bits per heavy atom. The molecule has 1 aliphatic heterocycles. The number of piperazine rings is 1. The largest absolute Gasteiger partial charge is 0.465 e. The van der Waals surface area contributed by atoms with Gasteiger partial charge < -0.3 is 9.64 Å². The van der Waals surface area contributed by atoms with E-state index in [-0.39, 0.29) is 24.1 Å². The summed E-state index contributed by atoms with van der Waals surface area (Å²) in [6, 6.07) is 17.8. The van der Waals surface area contributed by atoms with Crippen LogP contribution in [0.5, 0.6) is 0 Å². The van der Waals surface area contributed by atoms with Crippen molar-refractivity contribution in [2.24, 2.45) is 0 Å². The highest BCUT2D eigenvalue weighted by atomic mass is 16.5. The van der Waals surface area contributed by atoms with E-state index in [1.165, 1.54) is 7.11 Å². The summed E-state index contributed by atoms with van der Waals surface area (Å²) in [5, 5.41) is 0. The van der Waals surface area contributed by atoms with Crippen molar-refractivity contribution in [3.63, 3.8) is 0 Å². The number of para-hydroxylation sites is 1. The average Bonchev–Trinajstić information content (AvgIpc) is 2.79. The summed E-state index contributed by atoms with van der Waals surface area (Å²) in [5.74, 6) is -0.322. The molecular formula is C26H35N3O3. The maximum atomic E-state index is 13.6. The van der Waals surface area contributed by atoms with Gasteiger partial charge in [0, 0.05) is 44.0 Å². The average molecular weight is 438 g/mol. The maximum Gasteiger partial charge on any atom is 0.337 e. The van der Waals surface area contributed by atoms with Crippen molar-refractivity contribution in [3.8, 4) is 0 Å². The Bertz CT molecular complexity index is 873. The van der Waals surface area contributed by atoms with Crippen molar-refractivity contribution in [2.45, 2.75) is 52.2 Å². The van der Waals surface area contributed by atoms with Crippen LogP contribution in [0.25, 0.3) is 0 Å². The Hall–Kier alpha value is -2.86. The third kappa shape index (κ3) is 5.68. The number of carbonyl (C=O) groups excluding carboxylic acids is 2. The fourth-order valence-electron chi connectivity index (χ4n) is 4.46. The molecule has 6 nitrogen and oxygen atoms in total. The molecular weight excluding hydrogens is 402 g/mol. The number of urea groups is 1. The van der Waals surface area contributed by atoms with Gasteiger partial charge in [0.05, 0.1) is 12.7 Å². The monoisotopic (exact) mass is 437 g/mol. The number of hydrogen-bond acceptors (Lipinski definition) is 4. The number of anilines is 1. The van der Waals surface area contributed by atoms with Crippen molar-refractivity contribution in [3.05, 3.63) is 65.7 Å². The van der Waals surface area contributed by atoms with Crippen LogP contribution in [-0.2, 0) is 11.3 Å². The molecule has 32 heavy (non-hydrogen) atoms. The molecule has 0 spiro atoms. The second kappa shape index (κ2) is 11.1. The van der Waals surface area contributed by atoms with Crippen LogP contribution >= 0.6 is 0 Å². The quantitative estimate of drug-likeness (QED) is 0.584. The zero-order chi connectivity index (χ0) is 23.1. The lowest BCUT2D eigenvalue weighted by molar-refractivity contribution is 0.0600. The van der Waals surface area contributed by atoms with E-state index in [4.69, 9.17) is 4.74 Å². The summed E-state index contributed by atoms with van der Waals surface area (Å²) in [5.41, 5.74) is 2.66. The number of nitrogens with zero attached hydrogens (tertiary/aromatic N) is 3. The van der Waals surface area contributed by atoms with Gasteiger partial charge in [-0.15, -0.1) is 0 Å². The zero-order valence-electron chi connectivity index (χ0n) is 19.7. The van der Waals surface area contributed by atoms with E-state index in [1.807, 2.05) is 52.3 Å². The van der Waals surface area contributed by atoms with Crippen molar-refractivity contribution in [1.29, 1.82) is 0 Å². The molecule has 172 valence electrons. The zero-order valence-corrected chi connectivity index (χ0v) is 19.7. The van der Waals surface area contributed by atoms with E-state index in [0.717, 1.165) is 50.3 Å². The minimum absolute atomic E-state index is 0.0896. The molecule has 6 heteroatoms. The van der Waals surface area contributed by atoms with E-state index in [1.54, 1.807) is 12.1 Å². The molecule has 0 unspecified atom stereocenters. The first kappa shape index (κ1) is 23.8. The van der Waals surface area contributed by atoms with Gasteiger partial charge in [-0.05, 0) is 50.1 Å². The van der Waals surface area contributed by atoms with E-state index >= 15 is 0 Å². The van der Waals surface area contributed by atoms with Gasteiger partial charge in [-0.1, -0.05) is 43.7 Å². The Morgan fingerprint density at radius 1 is 1.00 bits per heavy atom. The lowest BCUT2D eigenvalue weighted by atomic mass is 10.1. The number of amides is 2. The predicted molar refractivity (Wildman–Crippen MR) is 128 cm³/mol. The molecule has 0 radical (unpaired) electrons. The fraction of sp³-hybridized carbons (Fsp3) is 0.462. The molecule has 2 amide bonds. The van der Waals surface area contributed by atoms with Crippen LogP contribution in [0.2, 0.25) is 0 Å². The first-order chi connectivity index (χ1) is 15.4. The standard InChI is InChI=1S/C26H35N3O3/c1-5-6-16-28(24-10-8-7-9-11-24)26(31)29-20(2)17-27(18-21(29)3)19-22-12-14-23(15-13-22)25(30)32-4/h7-15,20-21H,5-6,16-19H2,1-4H3/t20-,21+. The summed E-state index contributed by atoms with van der Waals surface area (Å²) >= 11 is 0. The number of esters is 1. The predicted octanol–water partition coefficient (Wildman–Crippen LogP) is 4.79. The first-order valence-corrected chi connectivity index (χ1v) is 11.5. The summed E-state index contributed by atoms with van der Waals surface area (Å²) in [4.78, 5) is 31.6. The number of methoxy groups -OCH3 is 1. The lowest BCUT2D eigenvalue weighted by Gasteiger charge is -2.46. The molecule has 1 aliphatic rings. The molecule has 0 N–H and O–H groups in total. The van der Waals surface area contributed by atoms with Gasteiger partial charge >= 0.3 is 12.0 Å². The Morgan fingerprint density at radius 2 is 1.62 bits per heavy atom. The number of carbonyl (C=O) groups is 2. The van der Waals surface area contributed by atoms with Crippen LogP contribution in [-0.4, -0.2) is 60.6 Å². The first-order valence-electron chi connectivity index (χ1n) is 11.5. The van der Waals surface area contributed by atoms with E-state index in [2.05, 4.69) is 25.7 Å². The molecule has 0 bridgehead atoms. The SMILES string of the molecule is CCCCN(C(=O)N1[C@H](C)CN(Cc2ccc(C(=O)OC)cc2)C[C@@H]1C)c1ccccc1. The van der Waals surface area contributed by atoms with Gasteiger partial charge in [-0.3, -0.25) is 9.80 Å². The van der Waals surface area contributed by atoms with Crippen molar-refractivity contribution in [2.75, 3.05) is 31.6 Å². The Kier molecular flexibility index (Phi) is 8.28. The lowest BCUT2D eigenvalue weighted by Crippen LogP contribution is -2.61. The second-order valence-corrected chi connectivity index (χ2v) is 8.61. The Balaban J connectivity index is 1.68. The molecule has 1 heterocycles. The third-order valence-electron chi connectivity index (χ3n) is 6.03. The summed E-state index contributed by atoms with van der Waals surface area (Å²) in [6.45, 7) is 9.54. The van der Waals surface area contributed by atoms with Gasteiger partial charge in [0.2, 0.25) is 0 Å². The summed E-state index contributed by atoms with van der Waals surface area (Å²) < 4.78 is 4.77. The fourth-order valence-corrected chi connectivity index (χ4v) is 4.46. The van der Waals surface area contributed by atoms with Crippen molar-refractivity contribution >= 4 is 17.7 Å². The number of rotatable bonds is 7. The Labute approximate surface area is 191 Å². The van der Waals surface area contributed by atoms with E-state index in [0.29, 0.717) is 5.56 Å². The minimum Gasteiger partial charge on any atom is -0.465 e.